The maximum Gasteiger partial charge on any atom is 0.411 e. The normalized spacial score (nSPS) is 16.8. The highest BCUT2D eigenvalue weighted by molar-refractivity contribution is 6.32. The molecule has 0 saturated carbocycles. The van der Waals surface area contributed by atoms with E-state index in [1.165, 1.54) is 0 Å². The molecule has 1 aromatic carbocycles. The van der Waals surface area contributed by atoms with Crippen molar-refractivity contribution >= 4 is 35.0 Å². The Hall–Kier alpha value is -2.84. The van der Waals surface area contributed by atoms with Crippen LogP contribution in [0.2, 0.25) is 5.15 Å². The lowest BCUT2D eigenvalue weighted by Gasteiger charge is -2.13. The number of nitrogens with zero attached hydrogens (tertiary/aromatic N) is 1. The fourth-order valence-corrected chi connectivity index (χ4v) is 3.08. The van der Waals surface area contributed by atoms with E-state index in [1.54, 1.807) is 25.1 Å². The standard InChI is InChI=1S/C19H22ClN5O3/c1-2-28-19(27)22-11-8-9-12-14(10-11)23-15(26)7-5-3-4-6-13(21)18-24-16(12)17(20)25-18/h3-4,8-10,13H,2,5-7,21H2,1H3,(H,22,27)(H,23,26)(H,24,25)/t13-/m0/s1. The third kappa shape index (κ3) is 4.71. The van der Waals surface area contributed by atoms with Crippen LogP contribution in [-0.4, -0.2) is 28.6 Å². The number of nitrogens with two attached hydrogens (primary N) is 1. The zero-order chi connectivity index (χ0) is 20.1. The van der Waals surface area contributed by atoms with Crippen LogP contribution in [-0.2, 0) is 9.53 Å². The number of rotatable bonds is 2. The minimum Gasteiger partial charge on any atom is -0.450 e. The number of ether oxygens (including phenoxy) is 1. The second-order valence-electron chi connectivity index (χ2n) is 6.29. The lowest BCUT2D eigenvalue weighted by atomic mass is 10.1. The number of hydrogen-bond acceptors (Lipinski definition) is 5. The molecule has 0 aliphatic carbocycles. The highest BCUT2D eigenvalue weighted by atomic mass is 35.5. The van der Waals surface area contributed by atoms with Gasteiger partial charge in [-0.05, 0) is 38.0 Å². The first kappa shape index (κ1) is 19.9. The first-order chi connectivity index (χ1) is 13.5. The quantitative estimate of drug-likeness (QED) is 0.565. The van der Waals surface area contributed by atoms with Gasteiger partial charge < -0.3 is 20.8 Å². The number of aromatic amines is 1. The van der Waals surface area contributed by atoms with Gasteiger partial charge in [0.25, 0.3) is 0 Å². The van der Waals surface area contributed by atoms with Crippen molar-refractivity contribution in [3.8, 4) is 11.3 Å². The maximum absolute atomic E-state index is 12.4. The molecular weight excluding hydrogens is 382 g/mol. The predicted octanol–water partition coefficient (Wildman–Crippen LogP) is 3.98. The molecule has 2 bridgehead atoms. The van der Waals surface area contributed by atoms with Crippen molar-refractivity contribution in [3.05, 3.63) is 41.3 Å². The molecule has 9 heteroatoms. The summed E-state index contributed by atoms with van der Waals surface area (Å²) in [6.07, 6.45) is 4.77. The number of fused-ring (bicyclic) bond motifs is 4. The number of halogens is 1. The third-order valence-electron chi connectivity index (χ3n) is 4.19. The highest BCUT2D eigenvalue weighted by Gasteiger charge is 2.19. The van der Waals surface area contributed by atoms with Gasteiger partial charge in [-0.1, -0.05) is 23.8 Å². The summed E-state index contributed by atoms with van der Waals surface area (Å²) in [5, 5.41) is 5.82. The van der Waals surface area contributed by atoms with Crippen molar-refractivity contribution in [2.45, 2.75) is 32.2 Å². The number of amides is 2. The lowest BCUT2D eigenvalue weighted by Crippen LogP contribution is -2.15. The predicted molar refractivity (Wildman–Crippen MR) is 108 cm³/mol. The van der Waals surface area contributed by atoms with Crippen LogP contribution >= 0.6 is 11.6 Å². The third-order valence-corrected chi connectivity index (χ3v) is 4.47. The van der Waals surface area contributed by atoms with E-state index in [-0.39, 0.29) is 18.6 Å². The van der Waals surface area contributed by atoms with E-state index in [0.717, 1.165) is 0 Å². The average molecular weight is 404 g/mol. The Balaban J connectivity index is 2.02. The molecule has 1 aliphatic heterocycles. The summed E-state index contributed by atoms with van der Waals surface area (Å²) in [5.41, 5.74) is 8.24. The van der Waals surface area contributed by atoms with Crippen molar-refractivity contribution < 1.29 is 14.3 Å². The zero-order valence-corrected chi connectivity index (χ0v) is 16.2. The molecule has 2 amide bonds. The zero-order valence-electron chi connectivity index (χ0n) is 15.4. The molecule has 0 unspecified atom stereocenters. The topological polar surface area (TPSA) is 122 Å². The highest BCUT2D eigenvalue weighted by Crippen LogP contribution is 2.35. The van der Waals surface area contributed by atoms with Crippen molar-refractivity contribution in [2.24, 2.45) is 5.73 Å². The molecule has 2 aromatic rings. The van der Waals surface area contributed by atoms with Gasteiger partial charge in [-0.2, -0.15) is 0 Å². The number of hydrogen-bond donors (Lipinski definition) is 4. The van der Waals surface area contributed by atoms with Crippen LogP contribution in [0.15, 0.2) is 30.4 Å². The molecule has 148 valence electrons. The van der Waals surface area contributed by atoms with Crippen molar-refractivity contribution in [3.63, 3.8) is 0 Å². The van der Waals surface area contributed by atoms with E-state index in [9.17, 15) is 9.59 Å². The van der Waals surface area contributed by atoms with Crippen molar-refractivity contribution in [2.75, 3.05) is 17.2 Å². The molecule has 0 radical (unpaired) electrons. The number of carbonyl (C=O) groups excluding carboxylic acids is 2. The molecule has 0 spiro atoms. The minimum absolute atomic E-state index is 0.158. The van der Waals surface area contributed by atoms with Crippen molar-refractivity contribution in [1.82, 2.24) is 9.97 Å². The van der Waals surface area contributed by atoms with E-state index in [1.807, 2.05) is 12.2 Å². The van der Waals surface area contributed by atoms with Gasteiger partial charge >= 0.3 is 6.09 Å². The summed E-state index contributed by atoms with van der Waals surface area (Å²) in [4.78, 5) is 31.6. The molecule has 1 aromatic heterocycles. The Kier molecular flexibility index (Phi) is 6.33. The number of aromatic nitrogens is 2. The second-order valence-corrected chi connectivity index (χ2v) is 6.67. The van der Waals surface area contributed by atoms with Gasteiger partial charge in [-0.3, -0.25) is 10.1 Å². The number of allylic oxidation sites excluding steroid dienone is 1. The molecule has 3 rings (SSSR count). The van der Waals surface area contributed by atoms with Crippen LogP contribution < -0.4 is 16.4 Å². The van der Waals surface area contributed by atoms with Gasteiger partial charge in [-0.25, -0.2) is 9.78 Å². The number of anilines is 2. The largest absolute Gasteiger partial charge is 0.450 e. The maximum atomic E-state index is 12.4. The summed E-state index contributed by atoms with van der Waals surface area (Å²) in [7, 11) is 0. The summed E-state index contributed by atoms with van der Waals surface area (Å²) in [5.74, 6) is 0.407. The number of carbonyl (C=O) groups is 2. The van der Waals surface area contributed by atoms with Crippen molar-refractivity contribution in [1.29, 1.82) is 0 Å². The van der Waals surface area contributed by atoms with Gasteiger partial charge in [0, 0.05) is 17.7 Å². The summed E-state index contributed by atoms with van der Waals surface area (Å²) in [6.45, 7) is 1.98. The molecule has 28 heavy (non-hydrogen) atoms. The molecule has 5 N–H and O–H groups in total. The molecule has 1 atom stereocenters. The number of benzene rings is 1. The van der Waals surface area contributed by atoms with E-state index >= 15 is 0 Å². The Morgan fingerprint density at radius 1 is 1.43 bits per heavy atom. The lowest BCUT2D eigenvalue weighted by molar-refractivity contribution is -0.116. The van der Waals surface area contributed by atoms with Crippen LogP contribution in [0, 0.1) is 0 Å². The smallest absolute Gasteiger partial charge is 0.411 e. The SMILES string of the molecule is CCOC(=O)Nc1ccc2c(c1)NC(=O)CCC=CC[C@H](N)c1nc-2c(Cl)[nH]1. The molecule has 0 fully saturated rings. The van der Waals surface area contributed by atoms with Gasteiger partial charge in [0.05, 0.1) is 18.3 Å². The first-order valence-electron chi connectivity index (χ1n) is 9.02. The number of nitrogens with one attached hydrogen (secondary N) is 3. The Morgan fingerprint density at radius 2 is 2.25 bits per heavy atom. The monoisotopic (exact) mass is 403 g/mol. The van der Waals surface area contributed by atoms with Crippen LogP contribution in [0.1, 0.15) is 38.1 Å². The molecule has 8 nitrogen and oxygen atoms in total. The fourth-order valence-electron chi connectivity index (χ4n) is 2.84. The minimum atomic E-state index is -0.574. The molecule has 0 saturated heterocycles. The molecule has 2 heterocycles. The Morgan fingerprint density at radius 3 is 3.04 bits per heavy atom. The van der Waals surface area contributed by atoms with E-state index < -0.39 is 6.09 Å². The first-order valence-corrected chi connectivity index (χ1v) is 9.39. The van der Waals surface area contributed by atoms with E-state index in [0.29, 0.717) is 52.9 Å². The van der Waals surface area contributed by atoms with Crippen LogP contribution in [0.5, 0.6) is 0 Å². The van der Waals surface area contributed by atoms with Gasteiger partial charge in [0.1, 0.15) is 16.7 Å². The van der Waals surface area contributed by atoms with Crippen LogP contribution in [0.3, 0.4) is 0 Å². The van der Waals surface area contributed by atoms with E-state index in [2.05, 4.69) is 20.6 Å². The summed E-state index contributed by atoms with van der Waals surface area (Å²) < 4.78 is 4.89. The van der Waals surface area contributed by atoms with Gasteiger partial charge in [-0.15, -0.1) is 0 Å². The molecular formula is C19H22ClN5O3. The number of imidazole rings is 1. The van der Waals surface area contributed by atoms with Crippen LogP contribution in [0.4, 0.5) is 16.2 Å². The van der Waals surface area contributed by atoms with Gasteiger partial charge in [0.15, 0.2) is 0 Å². The Labute approximate surface area is 167 Å². The average Bonchev–Trinajstić information content (AvgIpc) is 3.03. The van der Waals surface area contributed by atoms with Crippen LogP contribution in [0.25, 0.3) is 11.3 Å². The second kappa shape index (κ2) is 8.90. The van der Waals surface area contributed by atoms with E-state index in [4.69, 9.17) is 22.1 Å². The summed E-state index contributed by atoms with van der Waals surface area (Å²) >= 11 is 6.35. The van der Waals surface area contributed by atoms with Gasteiger partial charge in [0.2, 0.25) is 5.91 Å². The Bertz CT molecular complexity index is 909. The summed E-state index contributed by atoms with van der Waals surface area (Å²) in [6, 6.07) is 4.73. The molecule has 1 aliphatic rings. The fraction of sp³-hybridized carbons (Fsp3) is 0.316. The number of H-pyrrole nitrogens is 1.